The van der Waals surface area contributed by atoms with E-state index < -0.39 is 11.9 Å². The highest BCUT2D eigenvalue weighted by Crippen LogP contribution is 2.23. The van der Waals surface area contributed by atoms with Gasteiger partial charge in [0, 0.05) is 11.7 Å². The van der Waals surface area contributed by atoms with Crippen LogP contribution >= 0.6 is 11.3 Å². The maximum Gasteiger partial charge on any atom is 0.308 e. The van der Waals surface area contributed by atoms with Gasteiger partial charge in [0.25, 0.3) is 0 Å². The van der Waals surface area contributed by atoms with Gasteiger partial charge in [-0.25, -0.2) is 4.98 Å². The summed E-state index contributed by atoms with van der Waals surface area (Å²) < 4.78 is 1.10. The predicted octanol–water partition coefficient (Wildman–Crippen LogP) is 2.82. The SMILES string of the molecule is CC(Nc1ccc2ncsc2c1)C(C)C(=O)O. The molecule has 0 fully saturated rings. The van der Waals surface area contributed by atoms with Gasteiger partial charge >= 0.3 is 5.97 Å². The number of carbonyl (C=O) groups is 1. The van der Waals surface area contributed by atoms with E-state index in [1.54, 1.807) is 23.8 Å². The van der Waals surface area contributed by atoms with Gasteiger partial charge in [0.05, 0.1) is 21.6 Å². The van der Waals surface area contributed by atoms with Crippen molar-refractivity contribution in [3.05, 3.63) is 23.7 Å². The quantitative estimate of drug-likeness (QED) is 0.876. The number of carboxylic acid groups (broad SMARTS) is 1. The minimum absolute atomic E-state index is 0.113. The molecule has 4 nitrogen and oxygen atoms in total. The Morgan fingerprint density at radius 3 is 2.94 bits per heavy atom. The van der Waals surface area contributed by atoms with E-state index in [1.807, 2.05) is 25.1 Å². The zero-order chi connectivity index (χ0) is 12.4. The minimum Gasteiger partial charge on any atom is -0.481 e. The standard InChI is InChI=1S/C12H14N2O2S/c1-7(12(15)16)8(2)14-9-3-4-10-11(5-9)17-6-13-10/h3-8,14H,1-2H3,(H,15,16). The van der Waals surface area contributed by atoms with Crippen LogP contribution < -0.4 is 5.32 Å². The second-order valence-electron chi connectivity index (χ2n) is 4.09. The molecule has 2 atom stereocenters. The third kappa shape index (κ3) is 2.55. The van der Waals surface area contributed by atoms with Gasteiger partial charge in [-0.3, -0.25) is 4.79 Å². The van der Waals surface area contributed by atoms with E-state index in [1.165, 1.54) is 0 Å². The van der Waals surface area contributed by atoms with Crippen molar-refractivity contribution in [1.82, 2.24) is 4.98 Å². The molecule has 0 radical (unpaired) electrons. The lowest BCUT2D eigenvalue weighted by Gasteiger charge is -2.18. The molecule has 0 aliphatic rings. The summed E-state index contributed by atoms with van der Waals surface area (Å²) >= 11 is 1.58. The van der Waals surface area contributed by atoms with Crippen LogP contribution in [0.5, 0.6) is 0 Å². The molecule has 2 aromatic rings. The first-order chi connectivity index (χ1) is 8.08. The molecular formula is C12H14N2O2S. The van der Waals surface area contributed by atoms with Crippen LogP contribution in [0.2, 0.25) is 0 Å². The lowest BCUT2D eigenvalue weighted by Crippen LogP contribution is -2.29. The number of aromatic nitrogens is 1. The molecule has 90 valence electrons. The normalized spacial score (nSPS) is 14.5. The maximum absolute atomic E-state index is 10.9. The first-order valence-electron chi connectivity index (χ1n) is 5.40. The molecule has 2 rings (SSSR count). The summed E-state index contributed by atoms with van der Waals surface area (Å²) in [6.45, 7) is 3.57. The van der Waals surface area contributed by atoms with Gasteiger partial charge < -0.3 is 10.4 Å². The van der Waals surface area contributed by atoms with E-state index in [2.05, 4.69) is 10.3 Å². The Labute approximate surface area is 103 Å². The highest BCUT2D eigenvalue weighted by molar-refractivity contribution is 7.16. The molecule has 0 saturated carbocycles. The van der Waals surface area contributed by atoms with E-state index >= 15 is 0 Å². The molecule has 5 heteroatoms. The van der Waals surface area contributed by atoms with E-state index in [0.29, 0.717) is 0 Å². The second kappa shape index (κ2) is 4.71. The molecular weight excluding hydrogens is 236 g/mol. The van der Waals surface area contributed by atoms with Crippen LogP contribution in [0.25, 0.3) is 10.2 Å². The van der Waals surface area contributed by atoms with Crippen molar-refractivity contribution < 1.29 is 9.90 Å². The summed E-state index contributed by atoms with van der Waals surface area (Å²) in [7, 11) is 0. The van der Waals surface area contributed by atoms with Crippen molar-refractivity contribution in [3.63, 3.8) is 0 Å². The van der Waals surface area contributed by atoms with Crippen LogP contribution in [0.1, 0.15) is 13.8 Å². The average molecular weight is 250 g/mol. The molecule has 2 N–H and O–H groups in total. The van der Waals surface area contributed by atoms with Crippen molar-refractivity contribution in [2.75, 3.05) is 5.32 Å². The molecule has 1 heterocycles. The predicted molar refractivity (Wildman–Crippen MR) is 69.5 cm³/mol. The van der Waals surface area contributed by atoms with E-state index in [4.69, 9.17) is 5.11 Å². The maximum atomic E-state index is 10.9. The fourth-order valence-corrected chi connectivity index (χ4v) is 2.26. The molecule has 17 heavy (non-hydrogen) atoms. The Hall–Kier alpha value is -1.62. The monoisotopic (exact) mass is 250 g/mol. The second-order valence-corrected chi connectivity index (χ2v) is 4.98. The van der Waals surface area contributed by atoms with Crippen LogP contribution in [0.3, 0.4) is 0 Å². The van der Waals surface area contributed by atoms with Gasteiger partial charge in [0.2, 0.25) is 0 Å². The van der Waals surface area contributed by atoms with Crippen LogP contribution in [0, 0.1) is 5.92 Å². The van der Waals surface area contributed by atoms with Crippen molar-refractivity contribution >= 4 is 33.2 Å². The Morgan fingerprint density at radius 2 is 2.24 bits per heavy atom. The summed E-state index contributed by atoms with van der Waals surface area (Å²) in [4.78, 5) is 15.1. The van der Waals surface area contributed by atoms with Crippen molar-refractivity contribution in [2.24, 2.45) is 5.92 Å². The largest absolute Gasteiger partial charge is 0.481 e. The van der Waals surface area contributed by atoms with Gasteiger partial charge in [0.1, 0.15) is 0 Å². The molecule has 1 aromatic heterocycles. The molecule has 0 aliphatic heterocycles. The number of hydrogen-bond acceptors (Lipinski definition) is 4. The van der Waals surface area contributed by atoms with Gasteiger partial charge in [-0.1, -0.05) is 0 Å². The Balaban J connectivity index is 2.15. The fourth-order valence-electron chi connectivity index (χ4n) is 1.55. The molecule has 0 spiro atoms. The Kier molecular flexibility index (Phi) is 3.28. The first-order valence-corrected chi connectivity index (χ1v) is 6.28. The van der Waals surface area contributed by atoms with Gasteiger partial charge in [-0.15, -0.1) is 11.3 Å². The molecule has 0 bridgehead atoms. The third-order valence-corrected chi connectivity index (χ3v) is 3.66. The molecule has 0 aliphatic carbocycles. The van der Waals surface area contributed by atoms with Gasteiger partial charge in [-0.2, -0.15) is 0 Å². The van der Waals surface area contributed by atoms with Crippen molar-refractivity contribution in [2.45, 2.75) is 19.9 Å². The summed E-state index contributed by atoms with van der Waals surface area (Å²) in [6.07, 6.45) is 0. The minimum atomic E-state index is -0.788. The summed E-state index contributed by atoms with van der Waals surface area (Å²) in [5.41, 5.74) is 3.71. The number of nitrogens with zero attached hydrogens (tertiary/aromatic N) is 1. The van der Waals surface area contributed by atoms with E-state index in [0.717, 1.165) is 15.9 Å². The summed E-state index contributed by atoms with van der Waals surface area (Å²) in [6, 6.07) is 5.75. The smallest absolute Gasteiger partial charge is 0.308 e. The van der Waals surface area contributed by atoms with E-state index in [-0.39, 0.29) is 6.04 Å². The molecule has 1 aromatic carbocycles. The summed E-state index contributed by atoms with van der Waals surface area (Å²) in [5.74, 6) is -1.21. The number of fused-ring (bicyclic) bond motifs is 1. The number of aliphatic carboxylic acids is 1. The number of thiazole rings is 1. The molecule has 2 unspecified atom stereocenters. The van der Waals surface area contributed by atoms with Crippen LogP contribution in [0.4, 0.5) is 5.69 Å². The fraction of sp³-hybridized carbons (Fsp3) is 0.333. The lowest BCUT2D eigenvalue weighted by molar-refractivity contribution is -0.141. The topological polar surface area (TPSA) is 62.2 Å². The molecule has 0 amide bonds. The number of anilines is 1. The zero-order valence-corrected chi connectivity index (χ0v) is 10.5. The number of nitrogens with one attached hydrogen (secondary N) is 1. The number of rotatable bonds is 4. The summed E-state index contributed by atoms with van der Waals surface area (Å²) in [5, 5.41) is 12.1. The Morgan fingerprint density at radius 1 is 1.47 bits per heavy atom. The van der Waals surface area contributed by atoms with Gasteiger partial charge in [-0.05, 0) is 32.0 Å². The first kappa shape index (κ1) is 11.9. The number of carboxylic acids is 1. The highest BCUT2D eigenvalue weighted by atomic mass is 32.1. The Bertz CT molecular complexity index is 538. The highest BCUT2D eigenvalue weighted by Gasteiger charge is 2.18. The zero-order valence-electron chi connectivity index (χ0n) is 9.68. The average Bonchev–Trinajstić information content (AvgIpc) is 2.74. The number of hydrogen-bond donors (Lipinski definition) is 2. The van der Waals surface area contributed by atoms with Crippen LogP contribution in [-0.2, 0) is 4.79 Å². The number of benzene rings is 1. The van der Waals surface area contributed by atoms with Crippen LogP contribution in [-0.4, -0.2) is 22.1 Å². The third-order valence-electron chi connectivity index (χ3n) is 2.87. The van der Waals surface area contributed by atoms with Crippen LogP contribution in [0.15, 0.2) is 23.7 Å². The van der Waals surface area contributed by atoms with Gasteiger partial charge in [0.15, 0.2) is 0 Å². The molecule has 0 saturated heterocycles. The van der Waals surface area contributed by atoms with E-state index in [9.17, 15) is 4.79 Å². The van der Waals surface area contributed by atoms with Crippen molar-refractivity contribution in [1.29, 1.82) is 0 Å². The lowest BCUT2D eigenvalue weighted by atomic mass is 10.0. The van der Waals surface area contributed by atoms with Crippen molar-refractivity contribution in [3.8, 4) is 0 Å².